The number of unbranched alkanes of at least 4 members (excludes halogenated alkanes) is 5. The fourth-order valence-corrected chi connectivity index (χ4v) is 7.18. The van der Waals surface area contributed by atoms with Crippen LogP contribution < -0.4 is 0 Å². The van der Waals surface area contributed by atoms with Gasteiger partial charge < -0.3 is 39.9 Å². The Kier molecular flexibility index (Phi) is 36.8. The van der Waals surface area contributed by atoms with Crippen molar-refractivity contribution in [3.05, 3.63) is 122 Å². The van der Waals surface area contributed by atoms with Crippen molar-refractivity contribution in [1.29, 1.82) is 0 Å². The molecule has 0 spiro atoms. The fraction of sp³-hybridized carbons (Fsp3) is 0.588. The van der Waals surface area contributed by atoms with Crippen molar-refractivity contribution in [2.24, 2.45) is 0 Å². The first-order valence-electron chi connectivity index (χ1n) is 23.4. The molecular formula is C51H81O12P. The Morgan fingerprint density at radius 3 is 1.33 bits per heavy atom. The summed E-state index contributed by atoms with van der Waals surface area (Å²) in [7, 11) is -5.05. The van der Waals surface area contributed by atoms with E-state index in [9.17, 15) is 39.8 Å². The molecule has 1 fully saturated rings. The van der Waals surface area contributed by atoms with Gasteiger partial charge in [0, 0.05) is 6.42 Å². The molecule has 0 amide bonds. The van der Waals surface area contributed by atoms with E-state index in [4.69, 9.17) is 18.5 Å². The van der Waals surface area contributed by atoms with Crippen LogP contribution in [-0.4, -0.2) is 98.9 Å². The molecule has 1 aliphatic rings. The van der Waals surface area contributed by atoms with Gasteiger partial charge in [0.2, 0.25) is 0 Å². The van der Waals surface area contributed by atoms with Crippen LogP contribution >= 0.6 is 7.82 Å². The minimum atomic E-state index is -5.05. The van der Waals surface area contributed by atoms with Crippen LogP contribution in [0.1, 0.15) is 129 Å². The standard InChI is InChI=1S/C51H81O12P/c1-3-5-7-9-11-13-15-17-19-21-22-23-24-25-26-28-30-32-34-36-38-40-45(52)62-44(43-61-64(58,59)63-51-49(56)47(54)46(53)48(55)50(51)57)42-60-41-39-37-35-33-31-29-27-20-18-16-14-12-10-8-6-4-2/h5-8,11-14,17-20,22-23,25-26,29,31,35,37,44,46-51,53-57H,3-4,9-10,15-16,21,24,27-28,30,32-34,36,38-43H2,1-2H3,(H,58,59)/b7-5-,8-6-,13-11-,14-12-,19-17-,20-18-,23-22-,26-25-,31-29-,37-35-. The van der Waals surface area contributed by atoms with E-state index in [1.54, 1.807) is 0 Å². The molecule has 0 aliphatic heterocycles. The molecule has 6 atom stereocenters. The van der Waals surface area contributed by atoms with Gasteiger partial charge in [-0.2, -0.15) is 0 Å². The molecule has 6 unspecified atom stereocenters. The quantitative estimate of drug-likeness (QED) is 0.0150. The van der Waals surface area contributed by atoms with Crippen molar-refractivity contribution >= 4 is 13.8 Å². The van der Waals surface area contributed by atoms with E-state index in [-0.39, 0.29) is 19.6 Å². The molecule has 0 saturated heterocycles. The second kappa shape index (κ2) is 40.1. The predicted molar refractivity (Wildman–Crippen MR) is 257 cm³/mol. The average Bonchev–Trinajstić information content (AvgIpc) is 3.28. The number of aliphatic hydroxyl groups is 5. The summed E-state index contributed by atoms with van der Waals surface area (Å²) in [4.78, 5) is 23.2. The first kappa shape index (κ1) is 58.8. The van der Waals surface area contributed by atoms with Gasteiger partial charge in [-0.3, -0.25) is 13.8 Å². The van der Waals surface area contributed by atoms with Crippen molar-refractivity contribution in [1.82, 2.24) is 0 Å². The lowest BCUT2D eigenvalue weighted by Crippen LogP contribution is -2.64. The van der Waals surface area contributed by atoms with Crippen LogP contribution in [0.3, 0.4) is 0 Å². The summed E-state index contributed by atoms with van der Waals surface area (Å²) in [5.74, 6) is -0.527. The minimum Gasteiger partial charge on any atom is -0.457 e. The molecule has 0 aromatic rings. The molecule has 0 radical (unpaired) electrons. The topological polar surface area (TPSA) is 192 Å². The van der Waals surface area contributed by atoms with Crippen LogP contribution in [0.15, 0.2) is 122 Å². The van der Waals surface area contributed by atoms with Gasteiger partial charge in [0.1, 0.15) is 42.7 Å². The maximum Gasteiger partial charge on any atom is 0.472 e. The summed E-state index contributed by atoms with van der Waals surface area (Å²) >= 11 is 0. The van der Waals surface area contributed by atoms with Crippen molar-refractivity contribution < 1.29 is 58.3 Å². The summed E-state index contributed by atoms with van der Waals surface area (Å²) < 4.78 is 34.1. The molecule has 12 nitrogen and oxygen atoms in total. The molecule has 64 heavy (non-hydrogen) atoms. The third-order valence-electron chi connectivity index (χ3n) is 9.85. The molecule has 1 rings (SSSR count). The monoisotopic (exact) mass is 917 g/mol. The zero-order chi connectivity index (χ0) is 46.9. The molecule has 0 aromatic carbocycles. The van der Waals surface area contributed by atoms with E-state index in [0.29, 0.717) is 12.8 Å². The Bertz CT molecular complexity index is 1510. The van der Waals surface area contributed by atoms with Crippen LogP contribution in [0.5, 0.6) is 0 Å². The van der Waals surface area contributed by atoms with E-state index >= 15 is 0 Å². The molecule has 0 heterocycles. The van der Waals surface area contributed by atoms with Crippen molar-refractivity contribution in [2.75, 3.05) is 19.8 Å². The zero-order valence-electron chi connectivity index (χ0n) is 38.5. The Balaban J connectivity index is 2.46. The second-order valence-electron chi connectivity index (χ2n) is 15.5. The average molecular weight is 917 g/mol. The highest BCUT2D eigenvalue weighted by Crippen LogP contribution is 2.47. The van der Waals surface area contributed by atoms with Gasteiger partial charge in [-0.25, -0.2) is 4.57 Å². The Morgan fingerprint density at radius 1 is 0.500 bits per heavy atom. The number of phosphoric acid groups is 1. The van der Waals surface area contributed by atoms with Crippen molar-refractivity contribution in [2.45, 2.75) is 172 Å². The number of rotatable bonds is 37. The van der Waals surface area contributed by atoms with Gasteiger partial charge in [0.05, 0.1) is 19.8 Å². The summed E-state index contributed by atoms with van der Waals surface area (Å²) in [5.41, 5.74) is 0. The number of hydrogen-bond donors (Lipinski definition) is 6. The largest absolute Gasteiger partial charge is 0.472 e. The van der Waals surface area contributed by atoms with Crippen LogP contribution in [0.2, 0.25) is 0 Å². The number of carbonyl (C=O) groups excluding carboxylic acids is 1. The minimum absolute atomic E-state index is 0.136. The molecule has 1 saturated carbocycles. The molecule has 13 heteroatoms. The lowest BCUT2D eigenvalue weighted by atomic mass is 9.85. The molecular weight excluding hydrogens is 836 g/mol. The number of esters is 1. The van der Waals surface area contributed by atoms with Crippen LogP contribution in [-0.2, 0) is 27.9 Å². The molecule has 0 bridgehead atoms. The zero-order valence-corrected chi connectivity index (χ0v) is 39.4. The van der Waals surface area contributed by atoms with E-state index in [1.165, 1.54) is 0 Å². The van der Waals surface area contributed by atoms with Gasteiger partial charge in [0.15, 0.2) is 0 Å². The first-order valence-corrected chi connectivity index (χ1v) is 24.9. The summed E-state index contributed by atoms with van der Waals surface area (Å²) in [6.07, 6.45) is 45.7. The highest BCUT2D eigenvalue weighted by Gasteiger charge is 2.51. The Morgan fingerprint density at radius 2 is 0.875 bits per heavy atom. The Labute approximate surface area is 384 Å². The number of carbonyl (C=O) groups is 1. The lowest BCUT2D eigenvalue weighted by Gasteiger charge is -2.41. The van der Waals surface area contributed by atoms with Gasteiger partial charge >= 0.3 is 13.8 Å². The highest BCUT2D eigenvalue weighted by molar-refractivity contribution is 7.47. The lowest BCUT2D eigenvalue weighted by molar-refractivity contribution is -0.220. The number of hydrogen-bond acceptors (Lipinski definition) is 11. The van der Waals surface area contributed by atoms with Gasteiger partial charge in [0.25, 0.3) is 0 Å². The van der Waals surface area contributed by atoms with Crippen molar-refractivity contribution in [3.63, 3.8) is 0 Å². The second-order valence-corrected chi connectivity index (χ2v) is 16.9. The SMILES string of the molecule is CC/C=C\C/C=C\C/C=C\C/C=C\C/C=C\CCCCCCCC(=O)OC(COCC/C=C\C/C=C\C/C=C\C/C=C\C/C=C\CC)COP(=O)(O)OC1C(O)C(O)C(O)C(O)C1O. The third kappa shape index (κ3) is 31.6. The smallest absolute Gasteiger partial charge is 0.457 e. The predicted octanol–water partition coefficient (Wildman–Crippen LogP) is 9.86. The number of allylic oxidation sites excluding steroid dienone is 19. The number of ether oxygens (including phenoxy) is 2. The van der Waals surface area contributed by atoms with Crippen LogP contribution in [0.4, 0.5) is 0 Å². The first-order chi connectivity index (χ1) is 31.0. The van der Waals surface area contributed by atoms with E-state index in [1.807, 2.05) is 12.2 Å². The normalized spacial score (nSPS) is 22.8. The van der Waals surface area contributed by atoms with Gasteiger partial charge in [-0.1, -0.05) is 155 Å². The fourth-order valence-electron chi connectivity index (χ4n) is 6.21. The van der Waals surface area contributed by atoms with Gasteiger partial charge in [-0.05, 0) is 89.9 Å². The summed E-state index contributed by atoms with van der Waals surface area (Å²) in [6, 6.07) is 0. The van der Waals surface area contributed by atoms with Crippen molar-refractivity contribution in [3.8, 4) is 0 Å². The number of aliphatic hydroxyl groups excluding tert-OH is 5. The number of phosphoric ester groups is 1. The summed E-state index contributed by atoms with van der Waals surface area (Å²) in [5, 5.41) is 50.2. The summed E-state index contributed by atoms with van der Waals surface area (Å²) in [6.45, 7) is 3.77. The van der Waals surface area contributed by atoms with Gasteiger partial charge in [-0.15, -0.1) is 0 Å². The van der Waals surface area contributed by atoms with E-state index in [2.05, 4.69) is 123 Å². The Hall–Kier alpha value is -3.26. The van der Waals surface area contributed by atoms with Crippen LogP contribution in [0.25, 0.3) is 0 Å². The van der Waals surface area contributed by atoms with E-state index < -0.39 is 63.1 Å². The maximum absolute atomic E-state index is 12.8. The maximum atomic E-state index is 12.8. The van der Waals surface area contributed by atoms with Crippen LogP contribution in [0, 0.1) is 0 Å². The highest BCUT2D eigenvalue weighted by atomic mass is 31.2. The van der Waals surface area contributed by atoms with E-state index in [0.717, 1.165) is 96.3 Å². The molecule has 362 valence electrons. The third-order valence-corrected chi connectivity index (χ3v) is 10.8. The molecule has 6 N–H and O–H groups in total. The molecule has 1 aliphatic carbocycles. The molecule has 0 aromatic heterocycles.